The van der Waals surface area contributed by atoms with Gasteiger partial charge < -0.3 is 24.1 Å². The van der Waals surface area contributed by atoms with Gasteiger partial charge in [-0.15, -0.1) is 0 Å². The van der Waals surface area contributed by atoms with Crippen LogP contribution in [0.5, 0.6) is 0 Å². The van der Waals surface area contributed by atoms with Gasteiger partial charge in [0.2, 0.25) is 0 Å². The second-order valence-electron chi connectivity index (χ2n) is 7.28. The predicted octanol–water partition coefficient (Wildman–Crippen LogP) is 3.67. The Balaban J connectivity index is 1.75. The van der Waals surface area contributed by atoms with Crippen molar-refractivity contribution >= 4 is 5.97 Å². The number of hydrogen-bond acceptors (Lipinski definition) is 6. The molecule has 0 aliphatic carbocycles. The summed E-state index contributed by atoms with van der Waals surface area (Å²) < 4.78 is 21.9. The quantitative estimate of drug-likeness (QED) is 0.281. The number of esters is 1. The highest BCUT2D eigenvalue weighted by Crippen LogP contribution is 2.08. The molecule has 168 valence electrons. The molecule has 0 amide bonds. The van der Waals surface area contributed by atoms with Crippen molar-refractivity contribution in [2.75, 3.05) is 19.8 Å². The van der Waals surface area contributed by atoms with Crippen LogP contribution in [-0.2, 0) is 37.0 Å². The van der Waals surface area contributed by atoms with Crippen LogP contribution < -0.4 is 0 Å². The second kappa shape index (κ2) is 14.5. The van der Waals surface area contributed by atoms with Crippen LogP contribution >= 0.6 is 0 Å². The van der Waals surface area contributed by atoms with Crippen LogP contribution in [0.2, 0.25) is 0 Å². The van der Waals surface area contributed by atoms with Crippen LogP contribution in [0.15, 0.2) is 72.8 Å². The highest BCUT2D eigenvalue weighted by atomic mass is 16.6. The van der Waals surface area contributed by atoms with Gasteiger partial charge in [0.25, 0.3) is 0 Å². The summed E-state index contributed by atoms with van der Waals surface area (Å²) >= 11 is 0. The number of benzene rings is 2. The molecule has 0 radical (unpaired) electrons. The monoisotopic (exact) mass is 428 g/mol. The molecular formula is C25H32O6. The summed E-state index contributed by atoms with van der Waals surface area (Å²) in [4.78, 5) is 12.3. The molecule has 2 rings (SSSR count). The molecule has 2 atom stereocenters. The highest BCUT2D eigenvalue weighted by Gasteiger charge is 2.30. The first-order chi connectivity index (χ1) is 15.1. The minimum absolute atomic E-state index is 0.0450. The Morgan fingerprint density at radius 3 is 2.00 bits per heavy atom. The van der Waals surface area contributed by atoms with E-state index in [1.807, 2.05) is 66.7 Å². The minimum Gasteiger partial charge on any atom is -0.461 e. The fourth-order valence-corrected chi connectivity index (χ4v) is 2.71. The third-order valence-electron chi connectivity index (χ3n) is 4.20. The molecule has 31 heavy (non-hydrogen) atoms. The third-order valence-corrected chi connectivity index (χ3v) is 4.20. The molecule has 0 bridgehead atoms. The fourth-order valence-electron chi connectivity index (χ4n) is 2.71. The standard InChI is InChI=1S/C25H32O6/c1-20(2)31-25(27)24(23(26)19-29-18-22-13-7-4-8-14-22)30-16-10-9-15-28-17-21-11-5-3-6-12-21/h3-14,20,23-24,26H,15-19H2,1-2H3/b10-9-. The maximum atomic E-state index is 12.3. The average Bonchev–Trinajstić information content (AvgIpc) is 2.76. The number of ether oxygens (including phenoxy) is 4. The summed E-state index contributed by atoms with van der Waals surface area (Å²) in [5, 5.41) is 10.4. The van der Waals surface area contributed by atoms with E-state index < -0.39 is 18.2 Å². The summed E-state index contributed by atoms with van der Waals surface area (Å²) in [7, 11) is 0. The zero-order valence-corrected chi connectivity index (χ0v) is 18.2. The van der Waals surface area contributed by atoms with Crippen LogP contribution in [0.4, 0.5) is 0 Å². The molecule has 2 unspecified atom stereocenters. The Hall–Kier alpha value is -2.51. The maximum absolute atomic E-state index is 12.3. The van der Waals surface area contributed by atoms with Gasteiger partial charge in [0, 0.05) is 0 Å². The van der Waals surface area contributed by atoms with Gasteiger partial charge in [0.05, 0.1) is 39.1 Å². The summed E-state index contributed by atoms with van der Waals surface area (Å²) in [6.45, 7) is 4.87. The normalized spacial score (nSPS) is 13.4. The first-order valence-electron chi connectivity index (χ1n) is 10.4. The van der Waals surface area contributed by atoms with Crippen LogP contribution in [0.3, 0.4) is 0 Å². The second-order valence-corrected chi connectivity index (χ2v) is 7.28. The first kappa shape index (κ1) is 24.8. The number of rotatable bonds is 14. The molecule has 6 nitrogen and oxygen atoms in total. The average molecular weight is 429 g/mol. The van der Waals surface area contributed by atoms with Gasteiger partial charge in [-0.25, -0.2) is 4.79 Å². The smallest absolute Gasteiger partial charge is 0.338 e. The van der Waals surface area contributed by atoms with Crippen molar-refractivity contribution in [2.45, 2.75) is 45.4 Å². The number of carbonyl (C=O) groups is 1. The molecule has 0 saturated carbocycles. The minimum atomic E-state index is -1.14. The lowest BCUT2D eigenvalue weighted by Crippen LogP contribution is -2.41. The van der Waals surface area contributed by atoms with Crippen LogP contribution in [0.25, 0.3) is 0 Å². The van der Waals surface area contributed by atoms with E-state index in [2.05, 4.69) is 0 Å². The number of hydrogen-bond donors (Lipinski definition) is 1. The molecule has 0 heterocycles. The van der Waals surface area contributed by atoms with Gasteiger partial charge >= 0.3 is 5.97 Å². The van der Waals surface area contributed by atoms with Crippen LogP contribution in [0.1, 0.15) is 25.0 Å². The lowest BCUT2D eigenvalue weighted by atomic mass is 10.2. The zero-order chi connectivity index (χ0) is 22.3. The summed E-state index contributed by atoms with van der Waals surface area (Å²) in [5.74, 6) is -0.612. The van der Waals surface area contributed by atoms with Gasteiger partial charge in [-0.2, -0.15) is 0 Å². The molecule has 0 fully saturated rings. The number of aliphatic hydroxyl groups excluding tert-OH is 1. The van der Waals surface area contributed by atoms with Gasteiger partial charge in [0.15, 0.2) is 6.10 Å². The zero-order valence-electron chi connectivity index (χ0n) is 18.2. The molecule has 0 aliphatic heterocycles. The van der Waals surface area contributed by atoms with E-state index in [0.29, 0.717) is 19.8 Å². The summed E-state index contributed by atoms with van der Waals surface area (Å²) in [5.41, 5.74) is 2.08. The Labute approximate surface area is 184 Å². The number of carbonyl (C=O) groups excluding carboxylic acids is 1. The lowest BCUT2D eigenvalue weighted by molar-refractivity contribution is -0.171. The number of aliphatic hydroxyl groups is 1. The molecule has 2 aromatic carbocycles. The van der Waals surface area contributed by atoms with E-state index in [4.69, 9.17) is 18.9 Å². The van der Waals surface area contributed by atoms with Crippen molar-refractivity contribution in [3.63, 3.8) is 0 Å². The van der Waals surface area contributed by atoms with Crippen molar-refractivity contribution < 1.29 is 28.8 Å². The van der Waals surface area contributed by atoms with Crippen molar-refractivity contribution in [2.24, 2.45) is 0 Å². The third kappa shape index (κ3) is 10.4. The molecule has 0 saturated heterocycles. The largest absolute Gasteiger partial charge is 0.461 e. The Morgan fingerprint density at radius 1 is 0.871 bits per heavy atom. The predicted molar refractivity (Wildman–Crippen MR) is 118 cm³/mol. The van der Waals surface area contributed by atoms with Crippen LogP contribution in [-0.4, -0.2) is 49.2 Å². The van der Waals surface area contributed by atoms with E-state index in [9.17, 15) is 9.90 Å². The first-order valence-corrected chi connectivity index (χ1v) is 10.4. The lowest BCUT2D eigenvalue weighted by Gasteiger charge is -2.22. The topological polar surface area (TPSA) is 74.2 Å². The Kier molecular flexibility index (Phi) is 11.6. The SMILES string of the molecule is CC(C)OC(=O)C(OC/C=C\COCc1ccccc1)C(O)COCc1ccccc1. The Bertz CT molecular complexity index is 760. The molecule has 0 aromatic heterocycles. The van der Waals surface area contributed by atoms with E-state index in [1.165, 1.54) is 0 Å². The maximum Gasteiger partial charge on any atom is 0.338 e. The summed E-state index contributed by atoms with van der Waals surface area (Å²) in [6.07, 6.45) is 0.980. The fraction of sp³-hybridized carbons (Fsp3) is 0.400. The molecular weight excluding hydrogens is 396 g/mol. The van der Waals surface area contributed by atoms with Crippen molar-refractivity contribution in [3.8, 4) is 0 Å². The molecule has 2 aromatic rings. The molecule has 0 aliphatic rings. The van der Waals surface area contributed by atoms with Gasteiger partial charge in [0.1, 0.15) is 6.10 Å². The van der Waals surface area contributed by atoms with Crippen molar-refractivity contribution in [1.82, 2.24) is 0 Å². The molecule has 6 heteroatoms. The van der Waals surface area contributed by atoms with Crippen molar-refractivity contribution in [1.29, 1.82) is 0 Å². The van der Waals surface area contributed by atoms with E-state index >= 15 is 0 Å². The van der Waals surface area contributed by atoms with Gasteiger partial charge in [-0.1, -0.05) is 72.8 Å². The molecule has 0 spiro atoms. The van der Waals surface area contributed by atoms with E-state index in [-0.39, 0.29) is 19.3 Å². The Morgan fingerprint density at radius 2 is 1.42 bits per heavy atom. The molecule has 1 N–H and O–H groups in total. The van der Waals surface area contributed by atoms with Gasteiger partial charge in [-0.3, -0.25) is 0 Å². The van der Waals surface area contributed by atoms with E-state index in [1.54, 1.807) is 19.9 Å². The van der Waals surface area contributed by atoms with Crippen LogP contribution in [0, 0.1) is 0 Å². The summed E-state index contributed by atoms with van der Waals surface area (Å²) in [6, 6.07) is 19.5. The highest BCUT2D eigenvalue weighted by molar-refractivity contribution is 5.75. The van der Waals surface area contributed by atoms with Gasteiger partial charge in [-0.05, 0) is 25.0 Å². The van der Waals surface area contributed by atoms with E-state index in [0.717, 1.165) is 11.1 Å². The van der Waals surface area contributed by atoms with Crippen molar-refractivity contribution in [3.05, 3.63) is 83.9 Å².